The lowest BCUT2D eigenvalue weighted by Crippen LogP contribution is -2.34. The Morgan fingerprint density at radius 2 is 2.04 bits per heavy atom. The summed E-state index contributed by atoms with van der Waals surface area (Å²) in [7, 11) is 3.69. The van der Waals surface area contributed by atoms with Crippen LogP contribution in [0.2, 0.25) is 0 Å². The van der Waals surface area contributed by atoms with Gasteiger partial charge in [-0.25, -0.2) is 5.01 Å². The van der Waals surface area contributed by atoms with E-state index in [1.807, 2.05) is 19.9 Å². The molecule has 138 valence electrons. The molecule has 0 N–H and O–H groups in total. The number of nitrogens with zero attached hydrogens (tertiary/aromatic N) is 3. The fraction of sp³-hybridized carbons (Fsp3) is 0.263. The molecule has 1 aliphatic heterocycles. The maximum absolute atomic E-state index is 12.4. The Morgan fingerprint density at radius 1 is 1.30 bits per heavy atom. The molecule has 8 heteroatoms. The lowest BCUT2D eigenvalue weighted by molar-refractivity contribution is 0.340. The molecule has 27 heavy (non-hydrogen) atoms. The molecule has 0 amide bonds. The molecular weight excluding hydrogens is 361 g/mol. The Hall–Kier alpha value is -2.61. The highest BCUT2D eigenvalue weighted by atomic mass is 32.2. The molecule has 0 bridgehead atoms. The summed E-state index contributed by atoms with van der Waals surface area (Å²) in [5.41, 5.74) is 1.88. The molecule has 0 aliphatic carbocycles. The number of sulfonamides is 1. The Morgan fingerprint density at radius 3 is 2.74 bits per heavy atom. The molecule has 1 unspecified atom stereocenters. The standard InChI is InChI=1S/C19H20BN3O3S/c1-4-13(2)23(21-12-14-9-10-16(20)17(11-14)26-3)19-15-7-5-6-8-18(15)27(24,25)22-19/h5-13H,4H2,1-3H3/b21-12+. The van der Waals surface area contributed by atoms with Gasteiger partial charge in [0, 0.05) is 5.56 Å². The maximum atomic E-state index is 12.4. The maximum Gasteiger partial charge on any atom is 0.285 e. The minimum Gasteiger partial charge on any atom is -0.497 e. The molecule has 0 aromatic heterocycles. The highest BCUT2D eigenvalue weighted by molar-refractivity contribution is 7.90. The van der Waals surface area contributed by atoms with Crippen LogP contribution in [0.5, 0.6) is 5.75 Å². The number of hydrogen-bond donors (Lipinski definition) is 0. The van der Waals surface area contributed by atoms with Crippen LogP contribution in [0.15, 0.2) is 56.9 Å². The third kappa shape index (κ3) is 3.76. The number of amidine groups is 1. The lowest BCUT2D eigenvalue weighted by atomic mass is 9.94. The van der Waals surface area contributed by atoms with Gasteiger partial charge in [0.2, 0.25) is 0 Å². The summed E-state index contributed by atoms with van der Waals surface area (Å²) in [5.74, 6) is 0.888. The normalized spacial score (nSPS) is 16.0. The molecule has 0 saturated heterocycles. The van der Waals surface area contributed by atoms with Crippen LogP contribution in [0.1, 0.15) is 31.4 Å². The lowest BCUT2D eigenvalue weighted by Gasteiger charge is -2.25. The number of ether oxygens (including phenoxy) is 1. The molecule has 3 rings (SSSR count). The van der Waals surface area contributed by atoms with Crippen LogP contribution in [-0.4, -0.2) is 46.5 Å². The van der Waals surface area contributed by atoms with E-state index < -0.39 is 10.0 Å². The van der Waals surface area contributed by atoms with Crippen LogP contribution in [0.3, 0.4) is 0 Å². The number of fused-ring (bicyclic) bond motifs is 1. The smallest absolute Gasteiger partial charge is 0.285 e. The number of benzene rings is 2. The van der Waals surface area contributed by atoms with Crippen molar-refractivity contribution in [2.24, 2.45) is 9.50 Å². The van der Waals surface area contributed by atoms with E-state index in [9.17, 15) is 8.42 Å². The number of hydrogen-bond acceptors (Lipinski definition) is 5. The van der Waals surface area contributed by atoms with Gasteiger partial charge in [0.25, 0.3) is 10.0 Å². The molecule has 2 radical (unpaired) electrons. The second kappa shape index (κ2) is 7.56. The van der Waals surface area contributed by atoms with Gasteiger partial charge in [-0.3, -0.25) is 0 Å². The van der Waals surface area contributed by atoms with Crippen molar-refractivity contribution >= 4 is 35.4 Å². The Kier molecular flexibility index (Phi) is 5.37. The van der Waals surface area contributed by atoms with Crippen molar-refractivity contribution in [3.63, 3.8) is 0 Å². The van der Waals surface area contributed by atoms with Crippen LogP contribution in [-0.2, 0) is 10.0 Å². The van der Waals surface area contributed by atoms with Crippen molar-refractivity contribution in [1.82, 2.24) is 5.01 Å². The zero-order valence-corrected chi connectivity index (χ0v) is 16.3. The summed E-state index contributed by atoms with van der Waals surface area (Å²) in [4.78, 5) is 0.206. The summed E-state index contributed by atoms with van der Waals surface area (Å²) in [6.45, 7) is 3.98. The summed E-state index contributed by atoms with van der Waals surface area (Å²) in [6, 6.07) is 12.1. The molecule has 0 spiro atoms. The van der Waals surface area contributed by atoms with E-state index >= 15 is 0 Å². The monoisotopic (exact) mass is 381 g/mol. The van der Waals surface area contributed by atoms with Gasteiger partial charge in [0.05, 0.1) is 19.4 Å². The molecule has 2 aromatic carbocycles. The molecule has 2 aromatic rings. The van der Waals surface area contributed by atoms with Crippen molar-refractivity contribution in [3.05, 3.63) is 53.6 Å². The van der Waals surface area contributed by atoms with E-state index in [-0.39, 0.29) is 10.9 Å². The van der Waals surface area contributed by atoms with Crippen LogP contribution in [0, 0.1) is 0 Å². The zero-order chi connectivity index (χ0) is 19.6. The van der Waals surface area contributed by atoms with E-state index in [1.165, 1.54) is 0 Å². The summed E-state index contributed by atoms with van der Waals surface area (Å²) in [5, 5.41) is 6.18. The summed E-state index contributed by atoms with van der Waals surface area (Å²) in [6.07, 6.45) is 2.41. The van der Waals surface area contributed by atoms with E-state index in [0.29, 0.717) is 22.6 Å². The molecule has 6 nitrogen and oxygen atoms in total. The summed E-state index contributed by atoms with van der Waals surface area (Å²) < 4.78 is 34.0. The van der Waals surface area contributed by atoms with Crippen molar-refractivity contribution < 1.29 is 13.2 Å². The average molecular weight is 381 g/mol. The van der Waals surface area contributed by atoms with Gasteiger partial charge < -0.3 is 4.74 Å². The first-order chi connectivity index (χ1) is 12.9. The van der Waals surface area contributed by atoms with E-state index in [4.69, 9.17) is 12.6 Å². The SMILES string of the molecule is [B]c1ccc(/C=N/N(C2=NS(=O)(=O)c3ccccc32)C(C)CC)cc1OC. The van der Waals surface area contributed by atoms with Gasteiger partial charge in [-0.05, 0) is 37.1 Å². The molecule has 0 saturated carbocycles. The van der Waals surface area contributed by atoms with Crippen molar-refractivity contribution in [2.45, 2.75) is 31.2 Å². The van der Waals surface area contributed by atoms with Gasteiger partial charge >= 0.3 is 0 Å². The molecular formula is C19H20BN3O3S. The number of hydrazone groups is 1. The first-order valence-corrected chi connectivity index (χ1v) is 10.0. The Labute approximate surface area is 161 Å². The van der Waals surface area contributed by atoms with E-state index in [2.05, 4.69) is 9.50 Å². The van der Waals surface area contributed by atoms with Gasteiger partial charge in [-0.15, -0.1) is 4.40 Å². The summed E-state index contributed by atoms with van der Waals surface area (Å²) >= 11 is 0. The third-order valence-corrected chi connectivity index (χ3v) is 5.75. The minimum atomic E-state index is -3.70. The second-order valence-electron chi connectivity index (χ2n) is 6.23. The Balaban J connectivity index is 2.02. The first kappa shape index (κ1) is 19.2. The van der Waals surface area contributed by atoms with Gasteiger partial charge in [0.1, 0.15) is 18.5 Å². The van der Waals surface area contributed by atoms with Crippen LogP contribution >= 0.6 is 0 Å². The average Bonchev–Trinajstić information content (AvgIpc) is 2.94. The fourth-order valence-electron chi connectivity index (χ4n) is 2.74. The molecule has 1 aliphatic rings. The third-order valence-electron chi connectivity index (χ3n) is 4.43. The van der Waals surface area contributed by atoms with Crippen molar-refractivity contribution in [2.75, 3.05) is 7.11 Å². The van der Waals surface area contributed by atoms with Gasteiger partial charge in [0.15, 0.2) is 5.84 Å². The van der Waals surface area contributed by atoms with Crippen molar-refractivity contribution in [3.8, 4) is 5.75 Å². The van der Waals surface area contributed by atoms with E-state index in [0.717, 1.165) is 12.0 Å². The van der Waals surface area contributed by atoms with Crippen LogP contribution in [0.4, 0.5) is 0 Å². The number of methoxy groups -OCH3 is 1. The van der Waals surface area contributed by atoms with Crippen LogP contribution < -0.4 is 10.2 Å². The Bertz CT molecular complexity index is 1020. The van der Waals surface area contributed by atoms with Crippen molar-refractivity contribution in [1.29, 1.82) is 0 Å². The minimum absolute atomic E-state index is 0.0444. The molecule has 1 atom stereocenters. The van der Waals surface area contributed by atoms with E-state index in [1.54, 1.807) is 54.7 Å². The number of rotatable bonds is 5. The van der Waals surface area contributed by atoms with Gasteiger partial charge in [-0.2, -0.15) is 13.5 Å². The zero-order valence-electron chi connectivity index (χ0n) is 15.5. The van der Waals surface area contributed by atoms with Crippen LogP contribution in [0.25, 0.3) is 0 Å². The predicted octanol–water partition coefficient (Wildman–Crippen LogP) is 2.07. The second-order valence-corrected chi connectivity index (χ2v) is 7.81. The topological polar surface area (TPSA) is 71.3 Å². The predicted molar refractivity (Wildman–Crippen MR) is 108 cm³/mol. The highest BCUT2D eigenvalue weighted by Gasteiger charge is 2.33. The first-order valence-electron chi connectivity index (χ1n) is 8.58. The largest absolute Gasteiger partial charge is 0.497 e. The molecule has 1 heterocycles. The van der Waals surface area contributed by atoms with Gasteiger partial charge in [-0.1, -0.05) is 36.7 Å². The fourth-order valence-corrected chi connectivity index (χ4v) is 3.94. The molecule has 0 fully saturated rings. The quantitative estimate of drug-likeness (QED) is 0.452. The highest BCUT2D eigenvalue weighted by Crippen LogP contribution is 2.28.